The van der Waals surface area contributed by atoms with Crippen LogP contribution in [0.3, 0.4) is 0 Å². The summed E-state index contributed by atoms with van der Waals surface area (Å²) in [5.41, 5.74) is 0.559. The minimum Gasteiger partial charge on any atom is -0.357 e. The van der Waals surface area contributed by atoms with E-state index < -0.39 is 0 Å². The van der Waals surface area contributed by atoms with Gasteiger partial charge in [0, 0.05) is 43.6 Å². The molecule has 2 aromatic heterocycles. The van der Waals surface area contributed by atoms with Crippen LogP contribution in [0.2, 0.25) is 0 Å². The molecule has 3 rings (SSSR count). The molecule has 3 heterocycles. The van der Waals surface area contributed by atoms with Gasteiger partial charge in [0.1, 0.15) is 11.9 Å². The second-order valence-electron chi connectivity index (χ2n) is 6.42. The van der Waals surface area contributed by atoms with Crippen molar-refractivity contribution in [3.8, 4) is 6.07 Å². The van der Waals surface area contributed by atoms with Crippen molar-refractivity contribution in [3.63, 3.8) is 0 Å². The molecule has 7 nitrogen and oxygen atoms in total. The van der Waals surface area contributed by atoms with Crippen molar-refractivity contribution in [2.45, 2.75) is 32.4 Å². The fourth-order valence-corrected chi connectivity index (χ4v) is 3.11. The van der Waals surface area contributed by atoms with Crippen LogP contribution < -0.4 is 10.2 Å². The van der Waals surface area contributed by atoms with Crippen molar-refractivity contribution in [2.24, 2.45) is 5.92 Å². The van der Waals surface area contributed by atoms with Gasteiger partial charge in [0.25, 0.3) is 0 Å². The molecule has 0 saturated carbocycles. The summed E-state index contributed by atoms with van der Waals surface area (Å²) in [6.07, 6.45) is 6.84. The highest BCUT2D eigenvalue weighted by atomic mass is 16.1. The van der Waals surface area contributed by atoms with Gasteiger partial charge in [0.05, 0.1) is 12.1 Å². The lowest BCUT2D eigenvalue weighted by atomic mass is 9.95. The first-order valence-electron chi connectivity index (χ1n) is 8.54. The number of carbonyl (C=O) groups excluding carboxylic acids is 1. The van der Waals surface area contributed by atoms with Crippen LogP contribution in [-0.4, -0.2) is 39.8 Å². The van der Waals surface area contributed by atoms with E-state index in [2.05, 4.69) is 26.4 Å². The number of pyridine rings is 1. The third-order valence-electron chi connectivity index (χ3n) is 4.48. The Morgan fingerprint density at radius 1 is 1.44 bits per heavy atom. The average molecular weight is 338 g/mol. The SMILES string of the molecule is CC(Cn1cccn1)NC(=O)C1CCN(c2ccc(C#N)cn2)CC1. The number of nitrogens with one attached hydrogen (secondary N) is 1. The molecule has 1 N–H and O–H groups in total. The third-order valence-corrected chi connectivity index (χ3v) is 4.48. The van der Waals surface area contributed by atoms with Crippen molar-refractivity contribution in [3.05, 3.63) is 42.4 Å². The predicted octanol–water partition coefficient (Wildman–Crippen LogP) is 1.57. The van der Waals surface area contributed by atoms with Crippen molar-refractivity contribution < 1.29 is 4.79 Å². The van der Waals surface area contributed by atoms with E-state index in [1.54, 1.807) is 18.5 Å². The van der Waals surface area contributed by atoms with Gasteiger partial charge in [-0.1, -0.05) is 0 Å². The number of aromatic nitrogens is 3. The maximum Gasteiger partial charge on any atom is 0.223 e. The molecule has 0 radical (unpaired) electrons. The molecule has 0 bridgehead atoms. The molecule has 1 atom stereocenters. The Kier molecular flexibility index (Phi) is 5.29. The van der Waals surface area contributed by atoms with Gasteiger partial charge < -0.3 is 10.2 Å². The highest BCUT2D eigenvalue weighted by Crippen LogP contribution is 2.22. The first kappa shape index (κ1) is 17.0. The zero-order valence-corrected chi connectivity index (χ0v) is 14.3. The topological polar surface area (TPSA) is 86.8 Å². The number of amides is 1. The summed E-state index contributed by atoms with van der Waals surface area (Å²) in [5, 5.41) is 16.1. The highest BCUT2D eigenvalue weighted by Gasteiger charge is 2.26. The monoisotopic (exact) mass is 338 g/mol. The Balaban J connectivity index is 1.47. The Labute approximate surface area is 147 Å². The smallest absolute Gasteiger partial charge is 0.223 e. The minimum absolute atomic E-state index is 0.0368. The number of nitriles is 1. The molecule has 130 valence electrons. The number of anilines is 1. The van der Waals surface area contributed by atoms with Crippen LogP contribution in [0.25, 0.3) is 0 Å². The number of nitrogens with zero attached hydrogens (tertiary/aromatic N) is 5. The van der Waals surface area contributed by atoms with Crippen LogP contribution >= 0.6 is 0 Å². The van der Waals surface area contributed by atoms with Gasteiger partial charge in [-0.2, -0.15) is 10.4 Å². The largest absolute Gasteiger partial charge is 0.357 e. The Hall–Kier alpha value is -2.88. The van der Waals surface area contributed by atoms with Gasteiger partial charge in [0.2, 0.25) is 5.91 Å². The second-order valence-corrected chi connectivity index (χ2v) is 6.42. The zero-order valence-electron chi connectivity index (χ0n) is 14.3. The molecule has 1 saturated heterocycles. The molecule has 1 fully saturated rings. The normalized spacial score (nSPS) is 16.2. The summed E-state index contributed by atoms with van der Waals surface area (Å²) >= 11 is 0. The molecule has 1 unspecified atom stereocenters. The molecular weight excluding hydrogens is 316 g/mol. The van der Waals surface area contributed by atoms with Gasteiger partial charge in [-0.05, 0) is 38.0 Å². The summed E-state index contributed by atoms with van der Waals surface area (Å²) in [7, 11) is 0. The molecule has 7 heteroatoms. The maximum atomic E-state index is 12.5. The molecule has 1 amide bonds. The molecule has 1 aliphatic rings. The molecule has 25 heavy (non-hydrogen) atoms. The fraction of sp³-hybridized carbons (Fsp3) is 0.444. The van der Waals surface area contributed by atoms with E-state index in [0.717, 1.165) is 31.7 Å². The van der Waals surface area contributed by atoms with Crippen LogP contribution in [0, 0.1) is 17.2 Å². The lowest BCUT2D eigenvalue weighted by Crippen LogP contribution is -2.44. The van der Waals surface area contributed by atoms with Crippen LogP contribution in [0.15, 0.2) is 36.8 Å². The van der Waals surface area contributed by atoms with Gasteiger partial charge >= 0.3 is 0 Å². The summed E-state index contributed by atoms with van der Waals surface area (Å²) in [5.74, 6) is 1.02. The van der Waals surface area contributed by atoms with E-state index >= 15 is 0 Å². The van der Waals surface area contributed by atoms with E-state index in [4.69, 9.17) is 5.26 Å². The number of hydrogen-bond acceptors (Lipinski definition) is 5. The second kappa shape index (κ2) is 7.79. The summed E-state index contributed by atoms with van der Waals surface area (Å²) < 4.78 is 1.82. The molecule has 1 aliphatic heterocycles. The van der Waals surface area contributed by atoms with Gasteiger partial charge in [0.15, 0.2) is 0 Å². The number of carbonyl (C=O) groups is 1. The number of hydrogen-bond donors (Lipinski definition) is 1. The quantitative estimate of drug-likeness (QED) is 0.894. The Morgan fingerprint density at radius 3 is 2.84 bits per heavy atom. The maximum absolute atomic E-state index is 12.5. The Morgan fingerprint density at radius 2 is 2.24 bits per heavy atom. The minimum atomic E-state index is 0.0368. The zero-order chi connectivity index (χ0) is 17.6. The molecule has 0 aliphatic carbocycles. The average Bonchev–Trinajstić information content (AvgIpc) is 3.14. The van der Waals surface area contributed by atoms with Crippen molar-refractivity contribution in [2.75, 3.05) is 18.0 Å². The van der Waals surface area contributed by atoms with E-state index in [-0.39, 0.29) is 17.9 Å². The number of rotatable bonds is 5. The van der Waals surface area contributed by atoms with Crippen molar-refractivity contribution in [1.29, 1.82) is 5.26 Å². The third kappa shape index (κ3) is 4.35. The standard InChI is InChI=1S/C18H22N6O/c1-14(13-24-8-2-7-21-24)22-18(25)16-5-9-23(10-6-16)17-4-3-15(11-19)12-20-17/h2-4,7-8,12,14,16H,5-6,9-10,13H2,1H3,(H,22,25). The Bertz CT molecular complexity index is 726. The molecular formula is C18H22N6O. The lowest BCUT2D eigenvalue weighted by Gasteiger charge is -2.32. The van der Waals surface area contributed by atoms with Gasteiger partial charge in [-0.25, -0.2) is 4.98 Å². The first-order valence-corrected chi connectivity index (χ1v) is 8.54. The summed E-state index contributed by atoms with van der Waals surface area (Å²) in [4.78, 5) is 18.9. The predicted molar refractivity (Wildman–Crippen MR) is 93.7 cm³/mol. The van der Waals surface area contributed by atoms with Crippen LogP contribution in [0.4, 0.5) is 5.82 Å². The van der Waals surface area contributed by atoms with Gasteiger partial charge in [-0.15, -0.1) is 0 Å². The van der Waals surface area contributed by atoms with E-state index in [9.17, 15) is 4.79 Å². The first-order chi connectivity index (χ1) is 12.2. The fourth-order valence-electron chi connectivity index (χ4n) is 3.11. The van der Waals surface area contributed by atoms with Crippen molar-refractivity contribution in [1.82, 2.24) is 20.1 Å². The van der Waals surface area contributed by atoms with E-state index in [1.165, 1.54) is 0 Å². The van der Waals surface area contributed by atoms with Gasteiger partial charge in [-0.3, -0.25) is 9.48 Å². The van der Waals surface area contributed by atoms with Crippen LogP contribution in [0.5, 0.6) is 0 Å². The molecule has 2 aromatic rings. The molecule has 0 spiro atoms. The molecule has 0 aromatic carbocycles. The van der Waals surface area contributed by atoms with Crippen LogP contribution in [-0.2, 0) is 11.3 Å². The summed E-state index contributed by atoms with van der Waals surface area (Å²) in [6.45, 7) is 4.26. The van der Waals surface area contributed by atoms with E-state index in [0.29, 0.717) is 12.1 Å². The van der Waals surface area contributed by atoms with Crippen LogP contribution in [0.1, 0.15) is 25.3 Å². The number of piperidine rings is 1. The highest BCUT2D eigenvalue weighted by molar-refractivity contribution is 5.79. The summed E-state index contributed by atoms with van der Waals surface area (Å²) in [6, 6.07) is 7.64. The lowest BCUT2D eigenvalue weighted by molar-refractivity contribution is -0.126. The van der Waals surface area contributed by atoms with E-state index in [1.807, 2.05) is 29.9 Å². The van der Waals surface area contributed by atoms with Crippen molar-refractivity contribution >= 4 is 11.7 Å².